The van der Waals surface area contributed by atoms with E-state index in [1.807, 2.05) is 13.8 Å². The summed E-state index contributed by atoms with van der Waals surface area (Å²) in [4.78, 5) is 24.0. The van der Waals surface area contributed by atoms with E-state index < -0.39 is 24.5 Å². The average molecular weight is 389 g/mol. The second-order valence-corrected chi connectivity index (χ2v) is 7.42. The van der Waals surface area contributed by atoms with E-state index >= 15 is 0 Å². The van der Waals surface area contributed by atoms with Crippen LogP contribution >= 0.6 is 0 Å². The Kier molecular flexibility index (Phi) is 10.9. The summed E-state index contributed by atoms with van der Waals surface area (Å²) in [6.07, 6.45) is 0.706. The second-order valence-electron chi connectivity index (χ2n) is 7.42. The van der Waals surface area contributed by atoms with Gasteiger partial charge in [0, 0.05) is 20.1 Å². The Morgan fingerprint density at radius 1 is 1.04 bits per heavy atom. The molecule has 0 aromatic carbocycles. The van der Waals surface area contributed by atoms with Crippen LogP contribution < -0.4 is 0 Å². The van der Waals surface area contributed by atoms with Crippen molar-refractivity contribution < 1.29 is 33.3 Å². The number of rotatable bonds is 11. The first-order valence-electron chi connectivity index (χ1n) is 10.0. The lowest BCUT2D eigenvalue weighted by atomic mass is 9.75. The van der Waals surface area contributed by atoms with Crippen molar-refractivity contribution in [1.29, 1.82) is 0 Å². The van der Waals surface area contributed by atoms with Crippen LogP contribution in [0.2, 0.25) is 0 Å². The fourth-order valence-electron chi connectivity index (χ4n) is 3.44. The molecule has 0 saturated heterocycles. The lowest BCUT2D eigenvalue weighted by Crippen LogP contribution is -2.41. The van der Waals surface area contributed by atoms with Crippen molar-refractivity contribution in [3.8, 4) is 0 Å². The van der Waals surface area contributed by atoms with Crippen LogP contribution in [-0.2, 0) is 33.3 Å². The highest BCUT2D eigenvalue weighted by Gasteiger charge is 2.36. The van der Waals surface area contributed by atoms with Crippen LogP contribution in [0, 0.1) is 17.8 Å². The first-order chi connectivity index (χ1) is 12.8. The lowest BCUT2D eigenvalue weighted by Gasteiger charge is -2.37. The van der Waals surface area contributed by atoms with Crippen LogP contribution in [-0.4, -0.2) is 50.4 Å². The molecule has 1 fully saturated rings. The molecule has 1 aliphatic carbocycles. The van der Waals surface area contributed by atoms with E-state index in [1.165, 1.54) is 6.92 Å². The SMILES string of the molecule is CCOC(CO[C@H](OC(C)=O)C(=O)O[C@@H]1C[C@H](C)CC[C@H]1C(C)C)OCC. The van der Waals surface area contributed by atoms with Crippen LogP contribution in [0.3, 0.4) is 0 Å². The smallest absolute Gasteiger partial charge is 0.376 e. The average Bonchev–Trinajstić information content (AvgIpc) is 2.58. The fourth-order valence-corrected chi connectivity index (χ4v) is 3.44. The maximum absolute atomic E-state index is 12.6. The Morgan fingerprint density at radius 3 is 2.19 bits per heavy atom. The van der Waals surface area contributed by atoms with Gasteiger partial charge in [0.15, 0.2) is 6.29 Å². The van der Waals surface area contributed by atoms with Gasteiger partial charge in [-0.15, -0.1) is 0 Å². The molecule has 0 aliphatic heterocycles. The largest absolute Gasteiger partial charge is 0.457 e. The number of ether oxygens (including phenoxy) is 5. The molecular weight excluding hydrogens is 352 g/mol. The third-order valence-electron chi connectivity index (χ3n) is 4.78. The lowest BCUT2D eigenvalue weighted by molar-refractivity contribution is -0.229. The minimum atomic E-state index is -1.42. The van der Waals surface area contributed by atoms with Crippen LogP contribution in [0.25, 0.3) is 0 Å². The van der Waals surface area contributed by atoms with E-state index in [0.29, 0.717) is 31.0 Å². The van der Waals surface area contributed by atoms with Crippen molar-refractivity contribution >= 4 is 11.9 Å². The minimum absolute atomic E-state index is 0.0383. The predicted octanol–water partition coefficient (Wildman–Crippen LogP) is 3.30. The van der Waals surface area contributed by atoms with E-state index in [4.69, 9.17) is 23.7 Å². The number of carbonyl (C=O) groups excluding carboxylic acids is 2. The zero-order valence-corrected chi connectivity index (χ0v) is 17.6. The summed E-state index contributed by atoms with van der Waals surface area (Å²) in [6.45, 7) is 12.2. The van der Waals surface area contributed by atoms with Gasteiger partial charge < -0.3 is 23.7 Å². The highest BCUT2D eigenvalue weighted by molar-refractivity contribution is 5.77. The Bertz CT molecular complexity index is 446. The molecule has 158 valence electrons. The zero-order valence-electron chi connectivity index (χ0n) is 17.6. The molecule has 0 amide bonds. The normalized spacial score (nSPS) is 24.1. The Labute approximate surface area is 163 Å². The molecule has 4 atom stereocenters. The van der Waals surface area contributed by atoms with Crippen LogP contribution in [0.5, 0.6) is 0 Å². The van der Waals surface area contributed by atoms with Gasteiger partial charge in [-0.25, -0.2) is 4.79 Å². The summed E-state index contributed by atoms with van der Waals surface area (Å²) in [5, 5.41) is 0. The van der Waals surface area contributed by atoms with Gasteiger partial charge in [0.1, 0.15) is 12.7 Å². The third-order valence-corrected chi connectivity index (χ3v) is 4.78. The van der Waals surface area contributed by atoms with Gasteiger partial charge in [0.25, 0.3) is 0 Å². The molecule has 1 saturated carbocycles. The molecule has 7 nitrogen and oxygen atoms in total. The van der Waals surface area contributed by atoms with Gasteiger partial charge in [-0.05, 0) is 44.4 Å². The molecule has 0 heterocycles. The van der Waals surface area contributed by atoms with Crippen LogP contribution in [0.1, 0.15) is 60.8 Å². The highest BCUT2D eigenvalue weighted by Crippen LogP contribution is 2.35. The van der Waals surface area contributed by atoms with Crippen molar-refractivity contribution in [3.05, 3.63) is 0 Å². The minimum Gasteiger partial charge on any atom is -0.457 e. The van der Waals surface area contributed by atoms with E-state index in [0.717, 1.165) is 19.3 Å². The van der Waals surface area contributed by atoms with Crippen molar-refractivity contribution in [1.82, 2.24) is 0 Å². The van der Waals surface area contributed by atoms with Crippen LogP contribution in [0.4, 0.5) is 0 Å². The maximum Gasteiger partial charge on any atom is 0.376 e. The highest BCUT2D eigenvalue weighted by atomic mass is 16.7. The quantitative estimate of drug-likeness (QED) is 0.397. The summed E-state index contributed by atoms with van der Waals surface area (Å²) in [5.74, 6) is -0.0990. The maximum atomic E-state index is 12.6. The van der Waals surface area contributed by atoms with Crippen molar-refractivity contribution in [2.75, 3.05) is 19.8 Å². The number of hydrogen-bond donors (Lipinski definition) is 0. The molecule has 7 heteroatoms. The monoisotopic (exact) mass is 388 g/mol. The summed E-state index contributed by atoms with van der Waals surface area (Å²) in [7, 11) is 0. The van der Waals surface area contributed by atoms with Gasteiger partial charge in [0.05, 0.1) is 0 Å². The van der Waals surface area contributed by atoms with E-state index in [1.54, 1.807) is 0 Å². The molecule has 0 aromatic rings. The number of hydrogen-bond acceptors (Lipinski definition) is 7. The molecule has 0 aromatic heterocycles. The first-order valence-corrected chi connectivity index (χ1v) is 10.0. The van der Waals surface area contributed by atoms with Crippen molar-refractivity contribution in [2.45, 2.75) is 79.5 Å². The Balaban J connectivity index is 2.73. The van der Waals surface area contributed by atoms with Gasteiger partial charge in [-0.2, -0.15) is 0 Å². The molecular formula is C20H36O7. The van der Waals surface area contributed by atoms with E-state index in [9.17, 15) is 9.59 Å². The molecule has 0 N–H and O–H groups in total. The van der Waals surface area contributed by atoms with Crippen molar-refractivity contribution in [2.24, 2.45) is 17.8 Å². The van der Waals surface area contributed by atoms with Crippen molar-refractivity contribution in [3.63, 3.8) is 0 Å². The summed E-state index contributed by atoms with van der Waals surface area (Å²) in [5.41, 5.74) is 0. The Hall–Kier alpha value is -1.18. The molecule has 0 unspecified atom stereocenters. The molecule has 27 heavy (non-hydrogen) atoms. The summed E-state index contributed by atoms with van der Waals surface area (Å²) in [6, 6.07) is 0. The van der Waals surface area contributed by atoms with Gasteiger partial charge in [0.2, 0.25) is 0 Å². The predicted molar refractivity (Wildman–Crippen MR) is 99.8 cm³/mol. The van der Waals surface area contributed by atoms with Gasteiger partial charge in [-0.3, -0.25) is 4.79 Å². The third kappa shape index (κ3) is 8.58. The van der Waals surface area contributed by atoms with E-state index in [-0.39, 0.29) is 12.7 Å². The molecule has 0 radical (unpaired) electrons. The van der Waals surface area contributed by atoms with Gasteiger partial charge >= 0.3 is 18.2 Å². The zero-order chi connectivity index (χ0) is 20.4. The van der Waals surface area contributed by atoms with E-state index in [2.05, 4.69) is 20.8 Å². The number of esters is 2. The molecule has 1 rings (SSSR count). The number of carbonyl (C=O) groups is 2. The first kappa shape index (κ1) is 23.9. The molecule has 1 aliphatic rings. The van der Waals surface area contributed by atoms with Gasteiger partial charge in [-0.1, -0.05) is 27.2 Å². The Morgan fingerprint density at radius 2 is 1.67 bits per heavy atom. The molecule has 0 bridgehead atoms. The summed E-state index contributed by atoms with van der Waals surface area (Å²) >= 11 is 0. The van der Waals surface area contributed by atoms with Crippen LogP contribution in [0.15, 0.2) is 0 Å². The molecule has 0 spiro atoms. The second kappa shape index (κ2) is 12.3. The standard InChI is InChI=1S/C20H36O7/c1-7-23-18(24-8-2)12-25-20(26-15(6)21)19(22)27-17-11-14(5)9-10-16(17)13(3)4/h13-14,16-18,20H,7-12H2,1-6H3/t14-,16+,17-,20-/m1/s1. The fraction of sp³-hybridized carbons (Fsp3) is 0.900. The topological polar surface area (TPSA) is 80.3 Å². The summed E-state index contributed by atoms with van der Waals surface area (Å²) < 4.78 is 27.0.